The van der Waals surface area contributed by atoms with Crippen LogP contribution in [0.5, 0.6) is 0 Å². The van der Waals surface area contributed by atoms with E-state index in [4.69, 9.17) is 0 Å². The standard InChI is InChI=1S/C13H16N2OS/c14-10-13(6-2-1-3-7-13)15-12(16)9-11-5-4-8-17-11/h4-5,8H,1-3,6-7,9H2,(H,15,16). The molecule has 90 valence electrons. The number of hydrogen-bond donors (Lipinski definition) is 1. The minimum Gasteiger partial charge on any atom is -0.338 e. The van der Waals surface area contributed by atoms with Gasteiger partial charge < -0.3 is 5.32 Å². The molecule has 0 spiro atoms. The van der Waals surface area contributed by atoms with Gasteiger partial charge in [-0.05, 0) is 24.3 Å². The molecule has 1 amide bonds. The van der Waals surface area contributed by atoms with Gasteiger partial charge in [-0.15, -0.1) is 11.3 Å². The Morgan fingerprint density at radius 2 is 2.24 bits per heavy atom. The number of carbonyl (C=O) groups excluding carboxylic acids is 1. The van der Waals surface area contributed by atoms with Crippen LogP contribution in [0, 0.1) is 11.3 Å². The summed E-state index contributed by atoms with van der Waals surface area (Å²) < 4.78 is 0. The van der Waals surface area contributed by atoms with Crippen LogP contribution >= 0.6 is 11.3 Å². The highest BCUT2D eigenvalue weighted by molar-refractivity contribution is 7.10. The first-order chi connectivity index (χ1) is 8.24. The van der Waals surface area contributed by atoms with Crippen LogP contribution < -0.4 is 5.32 Å². The van der Waals surface area contributed by atoms with Gasteiger partial charge in [-0.3, -0.25) is 4.79 Å². The monoisotopic (exact) mass is 248 g/mol. The zero-order valence-electron chi connectivity index (χ0n) is 9.74. The van der Waals surface area contributed by atoms with Crippen molar-refractivity contribution in [3.8, 4) is 6.07 Å². The molecule has 1 saturated carbocycles. The van der Waals surface area contributed by atoms with Gasteiger partial charge in [0.15, 0.2) is 0 Å². The van der Waals surface area contributed by atoms with E-state index in [0.717, 1.165) is 30.6 Å². The summed E-state index contributed by atoms with van der Waals surface area (Å²) >= 11 is 1.58. The second-order valence-corrected chi connectivity index (χ2v) is 5.59. The average molecular weight is 248 g/mol. The van der Waals surface area contributed by atoms with E-state index in [1.807, 2.05) is 17.5 Å². The first-order valence-electron chi connectivity index (χ1n) is 5.99. The Bertz CT molecular complexity index is 413. The molecule has 3 nitrogen and oxygen atoms in total. The molecule has 0 aliphatic heterocycles. The molecule has 0 unspecified atom stereocenters. The number of thiophene rings is 1. The molecule has 0 aromatic carbocycles. The molecule has 1 heterocycles. The molecular formula is C13H16N2OS. The van der Waals surface area contributed by atoms with Crippen LogP contribution in [-0.2, 0) is 11.2 Å². The van der Waals surface area contributed by atoms with Crippen molar-refractivity contribution in [1.82, 2.24) is 5.32 Å². The van der Waals surface area contributed by atoms with E-state index in [9.17, 15) is 10.1 Å². The van der Waals surface area contributed by atoms with Gasteiger partial charge in [-0.1, -0.05) is 25.3 Å². The first-order valence-corrected chi connectivity index (χ1v) is 6.87. The SMILES string of the molecule is N#CC1(NC(=O)Cc2cccs2)CCCCC1. The summed E-state index contributed by atoms with van der Waals surface area (Å²) in [5.41, 5.74) is -0.605. The molecular weight excluding hydrogens is 232 g/mol. The fourth-order valence-electron chi connectivity index (χ4n) is 2.30. The largest absolute Gasteiger partial charge is 0.338 e. The van der Waals surface area contributed by atoms with Crippen LogP contribution in [0.1, 0.15) is 37.0 Å². The summed E-state index contributed by atoms with van der Waals surface area (Å²) in [5.74, 6) is -0.0316. The lowest BCUT2D eigenvalue weighted by atomic mass is 9.83. The van der Waals surface area contributed by atoms with Gasteiger partial charge in [0.25, 0.3) is 0 Å². The molecule has 4 heteroatoms. The summed E-state index contributed by atoms with van der Waals surface area (Å²) in [6, 6.07) is 6.19. The van der Waals surface area contributed by atoms with Gasteiger partial charge in [0, 0.05) is 4.88 Å². The number of rotatable bonds is 3. The Hall–Kier alpha value is -1.34. The lowest BCUT2D eigenvalue weighted by Crippen LogP contribution is -2.49. The van der Waals surface area contributed by atoms with Crippen molar-refractivity contribution >= 4 is 17.2 Å². The van der Waals surface area contributed by atoms with Crippen molar-refractivity contribution in [3.05, 3.63) is 22.4 Å². The zero-order chi connectivity index (χ0) is 12.1. The third-order valence-corrected chi connectivity index (χ3v) is 4.09. The van der Waals surface area contributed by atoms with E-state index in [0.29, 0.717) is 6.42 Å². The second kappa shape index (κ2) is 5.33. The van der Waals surface area contributed by atoms with Crippen molar-refractivity contribution < 1.29 is 4.79 Å². The molecule has 1 aliphatic carbocycles. The minimum absolute atomic E-state index is 0.0316. The Kier molecular flexibility index (Phi) is 3.80. The van der Waals surface area contributed by atoms with Crippen molar-refractivity contribution in [2.45, 2.75) is 44.1 Å². The highest BCUT2D eigenvalue weighted by atomic mass is 32.1. The van der Waals surface area contributed by atoms with Gasteiger partial charge in [0.1, 0.15) is 5.54 Å². The summed E-state index contributed by atoms with van der Waals surface area (Å²) in [7, 11) is 0. The molecule has 17 heavy (non-hydrogen) atoms. The van der Waals surface area contributed by atoms with Gasteiger partial charge in [-0.25, -0.2) is 0 Å². The molecule has 1 aliphatic rings. The molecule has 0 radical (unpaired) electrons. The van der Waals surface area contributed by atoms with Crippen molar-refractivity contribution in [2.75, 3.05) is 0 Å². The highest BCUT2D eigenvalue weighted by Gasteiger charge is 2.33. The third-order valence-electron chi connectivity index (χ3n) is 3.21. The number of nitrogens with one attached hydrogen (secondary N) is 1. The minimum atomic E-state index is -0.605. The summed E-state index contributed by atoms with van der Waals surface area (Å²) in [6.45, 7) is 0. The highest BCUT2D eigenvalue weighted by Crippen LogP contribution is 2.27. The Balaban J connectivity index is 1.94. The molecule has 0 bridgehead atoms. The first kappa shape index (κ1) is 12.1. The fraction of sp³-hybridized carbons (Fsp3) is 0.538. The van der Waals surface area contributed by atoms with E-state index < -0.39 is 5.54 Å². The normalized spacial score (nSPS) is 18.3. The Morgan fingerprint density at radius 3 is 2.82 bits per heavy atom. The van der Waals surface area contributed by atoms with Crippen molar-refractivity contribution in [2.24, 2.45) is 0 Å². The average Bonchev–Trinajstić information content (AvgIpc) is 2.83. The maximum absolute atomic E-state index is 11.9. The number of amides is 1. The van der Waals surface area contributed by atoms with Gasteiger partial charge in [0.2, 0.25) is 5.91 Å². The molecule has 1 N–H and O–H groups in total. The molecule has 0 saturated heterocycles. The quantitative estimate of drug-likeness (QED) is 0.894. The smallest absolute Gasteiger partial charge is 0.226 e. The van der Waals surface area contributed by atoms with Crippen LogP contribution in [0.25, 0.3) is 0 Å². The maximum atomic E-state index is 11.9. The molecule has 1 aromatic heterocycles. The molecule has 0 atom stereocenters. The van der Waals surface area contributed by atoms with Gasteiger partial charge in [-0.2, -0.15) is 5.26 Å². The van der Waals surface area contributed by atoms with Crippen LogP contribution in [0.15, 0.2) is 17.5 Å². The molecule has 1 aromatic rings. The topological polar surface area (TPSA) is 52.9 Å². The van der Waals surface area contributed by atoms with E-state index in [2.05, 4.69) is 11.4 Å². The Labute approximate surface area is 105 Å². The van der Waals surface area contributed by atoms with E-state index >= 15 is 0 Å². The molecule has 1 fully saturated rings. The van der Waals surface area contributed by atoms with E-state index in [1.165, 1.54) is 6.42 Å². The number of nitriles is 1. The predicted molar refractivity (Wildman–Crippen MR) is 67.6 cm³/mol. The number of nitrogens with zero attached hydrogens (tertiary/aromatic N) is 1. The van der Waals surface area contributed by atoms with E-state index in [1.54, 1.807) is 11.3 Å². The summed E-state index contributed by atoms with van der Waals surface area (Å²) in [5, 5.41) is 14.1. The lowest BCUT2D eigenvalue weighted by molar-refractivity contribution is -0.122. The second-order valence-electron chi connectivity index (χ2n) is 4.56. The lowest BCUT2D eigenvalue weighted by Gasteiger charge is -2.31. The van der Waals surface area contributed by atoms with Crippen molar-refractivity contribution in [1.29, 1.82) is 5.26 Å². The van der Waals surface area contributed by atoms with Gasteiger partial charge in [0.05, 0.1) is 12.5 Å². The van der Waals surface area contributed by atoms with Crippen molar-refractivity contribution in [3.63, 3.8) is 0 Å². The predicted octanol–water partition coefficient (Wildman–Crippen LogP) is 2.63. The Morgan fingerprint density at radius 1 is 1.47 bits per heavy atom. The summed E-state index contributed by atoms with van der Waals surface area (Å²) in [6.07, 6.45) is 5.21. The van der Waals surface area contributed by atoms with E-state index in [-0.39, 0.29) is 5.91 Å². The van der Waals surface area contributed by atoms with Crippen LogP contribution in [0.3, 0.4) is 0 Å². The third kappa shape index (κ3) is 3.07. The van der Waals surface area contributed by atoms with Crippen LogP contribution in [0.4, 0.5) is 0 Å². The fourth-order valence-corrected chi connectivity index (χ4v) is 3.01. The maximum Gasteiger partial charge on any atom is 0.226 e. The molecule has 2 rings (SSSR count). The number of hydrogen-bond acceptors (Lipinski definition) is 3. The zero-order valence-corrected chi connectivity index (χ0v) is 10.6. The van der Waals surface area contributed by atoms with Crippen LogP contribution in [0.2, 0.25) is 0 Å². The van der Waals surface area contributed by atoms with Gasteiger partial charge >= 0.3 is 0 Å². The number of carbonyl (C=O) groups is 1. The summed E-state index contributed by atoms with van der Waals surface area (Å²) in [4.78, 5) is 12.9. The van der Waals surface area contributed by atoms with Crippen LogP contribution in [-0.4, -0.2) is 11.4 Å².